The van der Waals surface area contributed by atoms with E-state index < -0.39 is 0 Å². The average molecular weight is 201 g/mol. The molecule has 0 radical (unpaired) electrons. The minimum atomic E-state index is 1.01. The molecule has 0 aliphatic heterocycles. The van der Waals surface area contributed by atoms with Crippen molar-refractivity contribution in [3.8, 4) is 0 Å². The lowest BCUT2D eigenvalue weighted by atomic mass is 10.0. The van der Waals surface area contributed by atoms with Crippen molar-refractivity contribution in [1.29, 1.82) is 0 Å². The smallest absolute Gasteiger partial charge is 0.0436 e. The second-order valence-corrected chi connectivity index (χ2v) is 3.27. The van der Waals surface area contributed by atoms with Gasteiger partial charge in [0.05, 0.1) is 0 Å². The van der Waals surface area contributed by atoms with Crippen LogP contribution >= 0.6 is 0 Å². The molecule has 0 aliphatic carbocycles. The summed E-state index contributed by atoms with van der Waals surface area (Å²) in [6.45, 7) is 8.29. The highest BCUT2D eigenvalue weighted by molar-refractivity contribution is 5.85. The van der Waals surface area contributed by atoms with Crippen LogP contribution in [0.25, 0.3) is 10.8 Å². The fraction of sp³-hybridized carbons (Fsp3) is 0.357. The topological polar surface area (TPSA) is 12.9 Å². The number of hydrogen-bond acceptors (Lipinski definition) is 1. The van der Waals surface area contributed by atoms with E-state index >= 15 is 0 Å². The predicted molar refractivity (Wildman–Crippen MR) is 67.2 cm³/mol. The van der Waals surface area contributed by atoms with Gasteiger partial charge >= 0.3 is 0 Å². The normalized spacial score (nSPS) is 9.60. The van der Waals surface area contributed by atoms with Crippen LogP contribution in [-0.4, -0.2) is 4.98 Å². The summed E-state index contributed by atoms with van der Waals surface area (Å²) in [7, 11) is 0. The molecule has 0 saturated carbocycles. The second-order valence-electron chi connectivity index (χ2n) is 3.27. The van der Waals surface area contributed by atoms with Crippen molar-refractivity contribution in [3.63, 3.8) is 0 Å². The summed E-state index contributed by atoms with van der Waals surface area (Å²) in [5.74, 6) is 0. The van der Waals surface area contributed by atoms with E-state index in [-0.39, 0.29) is 0 Å². The number of nitrogens with zero attached hydrogens (tertiary/aromatic N) is 1. The monoisotopic (exact) mass is 201 g/mol. The third-order valence-electron chi connectivity index (χ3n) is 2.49. The Morgan fingerprint density at radius 1 is 1.13 bits per heavy atom. The van der Waals surface area contributed by atoms with Gasteiger partial charge in [-0.25, -0.2) is 0 Å². The van der Waals surface area contributed by atoms with Crippen LogP contribution in [0.15, 0.2) is 30.5 Å². The summed E-state index contributed by atoms with van der Waals surface area (Å²) < 4.78 is 0. The minimum Gasteiger partial charge on any atom is -0.260 e. The first-order valence-electron chi connectivity index (χ1n) is 5.66. The average Bonchev–Trinajstić information content (AvgIpc) is 2.33. The zero-order chi connectivity index (χ0) is 11.3. The number of aromatic nitrogens is 1. The maximum Gasteiger partial charge on any atom is 0.0436 e. The molecule has 1 aromatic carbocycles. The molecule has 0 unspecified atom stereocenters. The molecule has 0 fully saturated rings. The van der Waals surface area contributed by atoms with E-state index in [1.807, 2.05) is 20.0 Å². The maximum atomic E-state index is 4.42. The van der Waals surface area contributed by atoms with Gasteiger partial charge in [-0.3, -0.25) is 4.98 Å². The van der Waals surface area contributed by atoms with E-state index in [1.54, 1.807) is 0 Å². The Morgan fingerprint density at radius 2 is 1.80 bits per heavy atom. The highest BCUT2D eigenvalue weighted by atomic mass is 14.7. The molecular weight excluding hydrogens is 182 g/mol. The molecule has 0 N–H and O–H groups in total. The van der Waals surface area contributed by atoms with E-state index in [2.05, 4.69) is 43.1 Å². The van der Waals surface area contributed by atoms with Crippen LogP contribution < -0.4 is 0 Å². The molecule has 0 amide bonds. The number of pyridine rings is 1. The van der Waals surface area contributed by atoms with Crippen LogP contribution in [0.1, 0.15) is 32.0 Å². The molecule has 15 heavy (non-hydrogen) atoms. The quantitative estimate of drug-likeness (QED) is 0.676. The van der Waals surface area contributed by atoms with Gasteiger partial charge in [-0.15, -0.1) is 0 Å². The van der Waals surface area contributed by atoms with E-state index in [9.17, 15) is 0 Å². The Labute approximate surface area is 92.2 Å². The molecule has 0 atom stereocenters. The van der Waals surface area contributed by atoms with Crippen LogP contribution in [0.3, 0.4) is 0 Å². The Morgan fingerprint density at radius 3 is 2.47 bits per heavy atom. The predicted octanol–water partition coefficient (Wildman–Crippen LogP) is 4.13. The summed E-state index contributed by atoms with van der Waals surface area (Å²) in [5, 5.41) is 2.56. The number of benzene rings is 1. The fourth-order valence-corrected chi connectivity index (χ4v) is 1.71. The number of rotatable bonds is 1. The Balaban J connectivity index is 0.000000531. The third kappa shape index (κ3) is 2.35. The van der Waals surface area contributed by atoms with Gasteiger partial charge in [-0.05, 0) is 24.3 Å². The molecule has 0 bridgehead atoms. The lowest BCUT2D eigenvalue weighted by Gasteiger charge is -2.05. The van der Waals surface area contributed by atoms with Crippen LogP contribution in [0.5, 0.6) is 0 Å². The SMILES string of the molecule is CC.CCc1ncc2ccccc2c1C. The lowest BCUT2D eigenvalue weighted by Crippen LogP contribution is -1.92. The first-order valence-corrected chi connectivity index (χ1v) is 5.66. The highest BCUT2D eigenvalue weighted by Crippen LogP contribution is 2.19. The van der Waals surface area contributed by atoms with Crippen molar-refractivity contribution in [1.82, 2.24) is 4.98 Å². The van der Waals surface area contributed by atoms with Crippen molar-refractivity contribution in [2.75, 3.05) is 0 Å². The van der Waals surface area contributed by atoms with Crippen molar-refractivity contribution in [2.24, 2.45) is 0 Å². The van der Waals surface area contributed by atoms with Gasteiger partial charge in [0.15, 0.2) is 0 Å². The molecule has 0 spiro atoms. The van der Waals surface area contributed by atoms with Crippen molar-refractivity contribution in [2.45, 2.75) is 34.1 Å². The zero-order valence-corrected chi connectivity index (χ0v) is 10.0. The molecule has 1 heterocycles. The Hall–Kier alpha value is -1.37. The molecule has 0 aliphatic rings. The van der Waals surface area contributed by atoms with Gasteiger partial charge in [0, 0.05) is 17.3 Å². The lowest BCUT2D eigenvalue weighted by molar-refractivity contribution is 1.02. The van der Waals surface area contributed by atoms with Crippen molar-refractivity contribution >= 4 is 10.8 Å². The standard InChI is InChI=1S/C12H13N.C2H6/c1-3-12-9(2)11-7-5-4-6-10(11)8-13-12;1-2/h4-8H,3H2,1-2H3;1-2H3. The molecule has 2 rings (SSSR count). The van der Waals surface area contributed by atoms with Gasteiger partial charge in [0.1, 0.15) is 0 Å². The number of hydrogen-bond donors (Lipinski definition) is 0. The molecule has 1 nitrogen and oxygen atoms in total. The summed E-state index contributed by atoms with van der Waals surface area (Å²) in [6.07, 6.45) is 2.97. The van der Waals surface area contributed by atoms with Crippen molar-refractivity contribution in [3.05, 3.63) is 41.7 Å². The van der Waals surface area contributed by atoms with Gasteiger partial charge in [0.25, 0.3) is 0 Å². The number of fused-ring (bicyclic) bond motifs is 1. The van der Waals surface area contributed by atoms with Gasteiger partial charge in [-0.2, -0.15) is 0 Å². The van der Waals surface area contributed by atoms with Crippen molar-refractivity contribution < 1.29 is 0 Å². The van der Waals surface area contributed by atoms with Crippen LogP contribution in [-0.2, 0) is 6.42 Å². The van der Waals surface area contributed by atoms with E-state index in [1.165, 1.54) is 22.0 Å². The minimum absolute atomic E-state index is 1.01. The van der Waals surface area contributed by atoms with Gasteiger partial charge in [-0.1, -0.05) is 45.0 Å². The molecule has 1 heteroatoms. The third-order valence-corrected chi connectivity index (χ3v) is 2.49. The summed E-state index contributed by atoms with van der Waals surface area (Å²) in [6, 6.07) is 8.39. The molecule has 0 saturated heterocycles. The maximum absolute atomic E-state index is 4.42. The highest BCUT2D eigenvalue weighted by Gasteiger charge is 2.01. The van der Waals surface area contributed by atoms with Gasteiger partial charge < -0.3 is 0 Å². The van der Waals surface area contributed by atoms with Crippen LogP contribution in [0, 0.1) is 6.92 Å². The summed E-state index contributed by atoms with van der Waals surface area (Å²) in [4.78, 5) is 4.42. The fourth-order valence-electron chi connectivity index (χ4n) is 1.71. The number of aryl methyl sites for hydroxylation is 2. The Bertz CT molecular complexity index is 432. The van der Waals surface area contributed by atoms with E-state index in [0.29, 0.717) is 0 Å². The first-order chi connectivity index (χ1) is 7.33. The zero-order valence-electron chi connectivity index (χ0n) is 10.0. The Kier molecular flexibility index (Phi) is 4.29. The van der Waals surface area contributed by atoms with Gasteiger partial charge in [0.2, 0.25) is 0 Å². The van der Waals surface area contributed by atoms with E-state index in [4.69, 9.17) is 0 Å². The second kappa shape index (κ2) is 5.50. The molecule has 2 aromatic rings. The molecule has 80 valence electrons. The molecule has 1 aromatic heterocycles. The molecular formula is C14H19N. The van der Waals surface area contributed by atoms with E-state index in [0.717, 1.165) is 6.42 Å². The van der Waals surface area contributed by atoms with Crippen LogP contribution in [0.4, 0.5) is 0 Å². The van der Waals surface area contributed by atoms with Crippen LogP contribution in [0.2, 0.25) is 0 Å². The first kappa shape index (κ1) is 11.7. The summed E-state index contributed by atoms with van der Waals surface area (Å²) in [5.41, 5.74) is 2.53. The largest absolute Gasteiger partial charge is 0.260 e. The summed E-state index contributed by atoms with van der Waals surface area (Å²) >= 11 is 0.